The average molecular weight is 296 g/mol. The number of pyridine rings is 1. The SMILES string of the molecule is CC(C)Cn1cnnc1C1CCCN1c1ncccc1C#N. The number of nitriles is 1. The van der Waals surface area contributed by atoms with E-state index in [0.717, 1.165) is 37.6 Å². The second-order valence-corrected chi connectivity index (χ2v) is 6.07. The first-order valence-electron chi connectivity index (χ1n) is 7.70. The molecule has 1 saturated heterocycles. The van der Waals surface area contributed by atoms with Crippen LogP contribution in [0.15, 0.2) is 24.7 Å². The third kappa shape index (κ3) is 2.67. The van der Waals surface area contributed by atoms with Crippen LogP contribution in [0.1, 0.15) is 44.1 Å². The zero-order valence-corrected chi connectivity index (χ0v) is 13.0. The quantitative estimate of drug-likeness (QED) is 0.867. The molecule has 0 saturated carbocycles. The van der Waals surface area contributed by atoms with Crippen LogP contribution in [-0.4, -0.2) is 26.3 Å². The van der Waals surface area contributed by atoms with Crippen LogP contribution in [0.2, 0.25) is 0 Å². The molecule has 6 heteroatoms. The Morgan fingerprint density at radius 2 is 2.32 bits per heavy atom. The molecule has 1 atom stereocenters. The molecule has 1 aliphatic rings. The van der Waals surface area contributed by atoms with Gasteiger partial charge in [0.2, 0.25) is 0 Å². The van der Waals surface area contributed by atoms with E-state index in [1.165, 1.54) is 0 Å². The average Bonchev–Trinajstić information content (AvgIpc) is 3.15. The van der Waals surface area contributed by atoms with E-state index in [4.69, 9.17) is 0 Å². The molecule has 0 aromatic carbocycles. The van der Waals surface area contributed by atoms with Gasteiger partial charge in [0.25, 0.3) is 0 Å². The van der Waals surface area contributed by atoms with Gasteiger partial charge >= 0.3 is 0 Å². The fourth-order valence-electron chi connectivity index (χ4n) is 3.06. The fraction of sp³-hybridized carbons (Fsp3) is 0.500. The Morgan fingerprint density at radius 1 is 1.45 bits per heavy atom. The number of nitrogens with zero attached hydrogens (tertiary/aromatic N) is 6. The Morgan fingerprint density at radius 3 is 3.09 bits per heavy atom. The van der Waals surface area contributed by atoms with E-state index in [-0.39, 0.29) is 6.04 Å². The van der Waals surface area contributed by atoms with Gasteiger partial charge in [-0.2, -0.15) is 5.26 Å². The van der Waals surface area contributed by atoms with Crippen LogP contribution in [-0.2, 0) is 6.54 Å². The molecule has 0 radical (unpaired) electrons. The number of hydrogen-bond donors (Lipinski definition) is 0. The summed E-state index contributed by atoms with van der Waals surface area (Å²) in [6, 6.07) is 6.00. The smallest absolute Gasteiger partial charge is 0.155 e. The lowest BCUT2D eigenvalue weighted by Crippen LogP contribution is -2.27. The van der Waals surface area contributed by atoms with E-state index in [0.29, 0.717) is 11.5 Å². The van der Waals surface area contributed by atoms with Crippen molar-refractivity contribution in [1.82, 2.24) is 19.7 Å². The van der Waals surface area contributed by atoms with Crippen LogP contribution in [0.3, 0.4) is 0 Å². The highest BCUT2D eigenvalue weighted by Crippen LogP contribution is 2.35. The molecule has 1 unspecified atom stereocenters. The lowest BCUT2D eigenvalue weighted by molar-refractivity contribution is 0.487. The van der Waals surface area contributed by atoms with Crippen molar-refractivity contribution in [3.63, 3.8) is 0 Å². The van der Waals surface area contributed by atoms with Gasteiger partial charge in [-0.05, 0) is 30.9 Å². The van der Waals surface area contributed by atoms with E-state index in [1.807, 2.05) is 6.07 Å². The Labute approximate surface area is 130 Å². The first kappa shape index (κ1) is 14.5. The molecule has 6 nitrogen and oxygen atoms in total. The maximum absolute atomic E-state index is 9.32. The first-order chi connectivity index (χ1) is 10.7. The van der Waals surface area contributed by atoms with Crippen molar-refractivity contribution in [2.45, 2.75) is 39.3 Å². The van der Waals surface area contributed by atoms with Crippen LogP contribution in [0, 0.1) is 17.2 Å². The van der Waals surface area contributed by atoms with Gasteiger partial charge in [0, 0.05) is 19.3 Å². The van der Waals surface area contributed by atoms with Gasteiger partial charge in [-0.15, -0.1) is 10.2 Å². The molecule has 0 aliphatic carbocycles. The molecule has 0 N–H and O–H groups in total. The lowest BCUT2D eigenvalue weighted by atomic mass is 10.1. The van der Waals surface area contributed by atoms with E-state index in [2.05, 4.69) is 44.6 Å². The van der Waals surface area contributed by atoms with Crippen LogP contribution in [0.25, 0.3) is 0 Å². The Balaban J connectivity index is 1.94. The minimum absolute atomic E-state index is 0.142. The van der Waals surface area contributed by atoms with Crippen molar-refractivity contribution in [2.75, 3.05) is 11.4 Å². The molecule has 1 aliphatic heterocycles. The van der Waals surface area contributed by atoms with Crippen LogP contribution >= 0.6 is 0 Å². The van der Waals surface area contributed by atoms with Gasteiger partial charge in [-0.1, -0.05) is 13.8 Å². The molecular formula is C16H20N6. The molecule has 22 heavy (non-hydrogen) atoms. The predicted octanol–water partition coefficient (Wildman–Crippen LogP) is 2.54. The third-order valence-corrected chi connectivity index (χ3v) is 3.94. The summed E-state index contributed by atoms with van der Waals surface area (Å²) in [5.74, 6) is 2.27. The number of aromatic nitrogens is 4. The van der Waals surface area contributed by atoms with Crippen molar-refractivity contribution in [2.24, 2.45) is 5.92 Å². The maximum Gasteiger partial charge on any atom is 0.155 e. The topological polar surface area (TPSA) is 70.6 Å². The highest BCUT2D eigenvalue weighted by Gasteiger charge is 2.32. The van der Waals surface area contributed by atoms with E-state index in [1.54, 1.807) is 18.6 Å². The minimum Gasteiger partial charge on any atom is -0.345 e. The van der Waals surface area contributed by atoms with Gasteiger partial charge in [0.15, 0.2) is 5.82 Å². The van der Waals surface area contributed by atoms with Crippen molar-refractivity contribution in [1.29, 1.82) is 5.26 Å². The number of anilines is 1. The van der Waals surface area contributed by atoms with Gasteiger partial charge < -0.3 is 9.47 Å². The largest absolute Gasteiger partial charge is 0.345 e. The van der Waals surface area contributed by atoms with Crippen LogP contribution in [0.5, 0.6) is 0 Å². The zero-order chi connectivity index (χ0) is 15.5. The van der Waals surface area contributed by atoms with Crippen molar-refractivity contribution in [3.8, 4) is 6.07 Å². The number of rotatable bonds is 4. The van der Waals surface area contributed by atoms with Crippen molar-refractivity contribution in [3.05, 3.63) is 36.0 Å². The standard InChI is InChI=1S/C16H20N6/c1-12(2)10-21-11-19-20-16(21)14-6-4-8-22(14)15-13(9-17)5-3-7-18-15/h3,5,7,11-12,14H,4,6,8,10H2,1-2H3. The monoisotopic (exact) mass is 296 g/mol. The second kappa shape index (κ2) is 6.14. The summed E-state index contributed by atoms with van der Waals surface area (Å²) in [5.41, 5.74) is 0.615. The fourth-order valence-corrected chi connectivity index (χ4v) is 3.06. The zero-order valence-electron chi connectivity index (χ0n) is 13.0. The molecule has 0 amide bonds. The van der Waals surface area contributed by atoms with E-state index < -0.39 is 0 Å². The van der Waals surface area contributed by atoms with Crippen molar-refractivity contribution < 1.29 is 0 Å². The number of hydrogen-bond acceptors (Lipinski definition) is 5. The molecular weight excluding hydrogens is 276 g/mol. The van der Waals surface area contributed by atoms with Gasteiger partial charge in [-0.25, -0.2) is 4.98 Å². The molecule has 3 heterocycles. The first-order valence-corrected chi connectivity index (χ1v) is 7.70. The molecule has 0 spiro atoms. The summed E-state index contributed by atoms with van der Waals surface area (Å²) in [5, 5.41) is 17.8. The Bertz CT molecular complexity index is 684. The summed E-state index contributed by atoms with van der Waals surface area (Å²) in [4.78, 5) is 6.62. The highest BCUT2D eigenvalue weighted by molar-refractivity contribution is 5.55. The molecule has 2 aromatic heterocycles. The van der Waals surface area contributed by atoms with Crippen LogP contribution in [0.4, 0.5) is 5.82 Å². The molecule has 2 aromatic rings. The molecule has 1 fully saturated rings. The van der Waals surface area contributed by atoms with Gasteiger partial charge in [0.1, 0.15) is 18.2 Å². The highest BCUT2D eigenvalue weighted by atomic mass is 15.3. The summed E-state index contributed by atoms with van der Waals surface area (Å²) < 4.78 is 2.13. The third-order valence-electron chi connectivity index (χ3n) is 3.94. The van der Waals surface area contributed by atoms with Crippen LogP contribution < -0.4 is 4.90 Å². The Hall–Kier alpha value is -2.42. The summed E-state index contributed by atoms with van der Waals surface area (Å²) in [7, 11) is 0. The van der Waals surface area contributed by atoms with Crippen molar-refractivity contribution >= 4 is 5.82 Å². The maximum atomic E-state index is 9.32. The Kier molecular flexibility index (Phi) is 4.05. The normalized spacial score (nSPS) is 17.9. The minimum atomic E-state index is 0.142. The van der Waals surface area contributed by atoms with E-state index >= 15 is 0 Å². The predicted molar refractivity (Wildman–Crippen MR) is 83.1 cm³/mol. The summed E-state index contributed by atoms with van der Waals surface area (Å²) >= 11 is 0. The summed E-state index contributed by atoms with van der Waals surface area (Å²) in [6.45, 7) is 6.16. The molecule has 3 rings (SSSR count). The second-order valence-electron chi connectivity index (χ2n) is 6.07. The van der Waals surface area contributed by atoms with E-state index in [9.17, 15) is 5.26 Å². The van der Waals surface area contributed by atoms with Gasteiger partial charge in [-0.3, -0.25) is 0 Å². The lowest BCUT2D eigenvalue weighted by Gasteiger charge is -2.26. The summed E-state index contributed by atoms with van der Waals surface area (Å²) in [6.07, 6.45) is 5.62. The molecule has 0 bridgehead atoms. The molecule has 114 valence electrons. The van der Waals surface area contributed by atoms with Gasteiger partial charge in [0.05, 0.1) is 11.6 Å².